The minimum absolute atomic E-state index is 0.000620. The van der Waals surface area contributed by atoms with Crippen molar-refractivity contribution in [2.45, 2.75) is 12.8 Å². The first-order chi connectivity index (χ1) is 8.16. The molecule has 17 heavy (non-hydrogen) atoms. The summed E-state index contributed by atoms with van der Waals surface area (Å²) in [5, 5.41) is 8.71. The topological polar surface area (TPSA) is 76.2 Å². The van der Waals surface area contributed by atoms with Gasteiger partial charge < -0.3 is 0 Å². The third-order valence-corrected chi connectivity index (χ3v) is 4.31. The average Bonchev–Trinajstić information content (AvgIpc) is 2.69. The van der Waals surface area contributed by atoms with Crippen LogP contribution in [-0.2, 0) is 11.2 Å². The van der Waals surface area contributed by atoms with Crippen LogP contribution in [0.25, 0.3) is 11.3 Å². The van der Waals surface area contributed by atoms with E-state index in [4.69, 9.17) is 10.8 Å². The summed E-state index contributed by atoms with van der Waals surface area (Å²) in [6, 6.07) is 9.75. The van der Waals surface area contributed by atoms with E-state index in [1.807, 2.05) is 30.3 Å². The van der Waals surface area contributed by atoms with Crippen LogP contribution in [0.5, 0.6) is 0 Å². The standard InChI is InChI=1S/C12H12N2O2Se/c13-12-14-11(8-4-2-1-3-5-8)9(17-12)6-7-10(15)16/h1-5H,6-7H2,(H2,13,14)(H,15,16). The van der Waals surface area contributed by atoms with E-state index >= 15 is 0 Å². The first-order valence-corrected chi connectivity index (χ1v) is 6.90. The van der Waals surface area contributed by atoms with Crippen molar-refractivity contribution >= 4 is 25.2 Å². The molecule has 0 spiro atoms. The summed E-state index contributed by atoms with van der Waals surface area (Å²) >= 11 is 0.000620. The van der Waals surface area contributed by atoms with Crippen molar-refractivity contribution in [3.8, 4) is 11.3 Å². The molecular formula is C12H12N2O2Se. The molecule has 1 heterocycles. The van der Waals surface area contributed by atoms with Crippen molar-refractivity contribution in [2.75, 3.05) is 5.73 Å². The van der Waals surface area contributed by atoms with E-state index < -0.39 is 5.97 Å². The predicted molar refractivity (Wildman–Crippen MR) is 67.0 cm³/mol. The van der Waals surface area contributed by atoms with E-state index in [-0.39, 0.29) is 20.9 Å². The van der Waals surface area contributed by atoms with Gasteiger partial charge in [-0.3, -0.25) is 0 Å². The Kier molecular flexibility index (Phi) is 3.61. The number of aromatic nitrogens is 1. The molecule has 2 rings (SSSR count). The molecule has 4 nitrogen and oxygen atoms in total. The van der Waals surface area contributed by atoms with Gasteiger partial charge in [0.15, 0.2) is 0 Å². The predicted octanol–water partition coefficient (Wildman–Crippen LogP) is 1.41. The number of aliphatic carboxylic acids is 1. The molecule has 0 radical (unpaired) electrons. The third-order valence-electron chi connectivity index (χ3n) is 2.33. The normalized spacial score (nSPS) is 10.4. The molecular weight excluding hydrogens is 283 g/mol. The first kappa shape index (κ1) is 11.9. The molecule has 88 valence electrons. The van der Waals surface area contributed by atoms with E-state index in [0.717, 1.165) is 15.7 Å². The van der Waals surface area contributed by atoms with Gasteiger partial charge in [-0.25, -0.2) is 0 Å². The van der Waals surface area contributed by atoms with Gasteiger partial charge >= 0.3 is 105 Å². The number of nitrogen functional groups attached to an aromatic ring is 1. The Morgan fingerprint density at radius 2 is 2.06 bits per heavy atom. The summed E-state index contributed by atoms with van der Waals surface area (Å²) in [4.78, 5) is 14.9. The molecule has 0 aliphatic rings. The van der Waals surface area contributed by atoms with Gasteiger partial charge in [0, 0.05) is 0 Å². The van der Waals surface area contributed by atoms with Gasteiger partial charge in [0.25, 0.3) is 0 Å². The Labute approximate surface area is 105 Å². The summed E-state index contributed by atoms with van der Waals surface area (Å²) in [5.41, 5.74) is 7.62. The van der Waals surface area contributed by atoms with Crippen LogP contribution >= 0.6 is 0 Å². The first-order valence-electron chi connectivity index (χ1n) is 5.19. The van der Waals surface area contributed by atoms with Crippen molar-refractivity contribution in [3.63, 3.8) is 0 Å². The van der Waals surface area contributed by atoms with Crippen LogP contribution in [0.2, 0.25) is 0 Å². The number of carboxylic acid groups (broad SMARTS) is 1. The molecule has 0 amide bonds. The second-order valence-corrected chi connectivity index (χ2v) is 5.92. The average molecular weight is 295 g/mol. The van der Waals surface area contributed by atoms with Gasteiger partial charge in [-0.2, -0.15) is 0 Å². The Hall–Kier alpha value is -1.58. The van der Waals surface area contributed by atoms with Crippen LogP contribution < -0.4 is 5.73 Å². The number of carboxylic acids is 1. The van der Waals surface area contributed by atoms with Gasteiger partial charge in [0.1, 0.15) is 0 Å². The summed E-state index contributed by atoms with van der Waals surface area (Å²) in [5.74, 6) is -0.786. The zero-order valence-corrected chi connectivity index (χ0v) is 10.8. The number of nitrogens with zero attached hydrogens (tertiary/aromatic N) is 1. The van der Waals surface area contributed by atoms with Crippen LogP contribution in [0, 0.1) is 0 Å². The van der Waals surface area contributed by atoms with E-state index in [2.05, 4.69) is 4.98 Å². The maximum absolute atomic E-state index is 10.6. The Morgan fingerprint density at radius 1 is 1.35 bits per heavy atom. The van der Waals surface area contributed by atoms with Crippen LogP contribution in [0.1, 0.15) is 10.9 Å². The summed E-state index contributed by atoms with van der Waals surface area (Å²) < 4.78 is 1.69. The fourth-order valence-corrected chi connectivity index (χ4v) is 3.37. The van der Waals surface area contributed by atoms with Gasteiger partial charge in [0.05, 0.1) is 0 Å². The van der Waals surface area contributed by atoms with Gasteiger partial charge in [-0.15, -0.1) is 0 Å². The van der Waals surface area contributed by atoms with Crippen molar-refractivity contribution in [1.29, 1.82) is 0 Å². The van der Waals surface area contributed by atoms with Gasteiger partial charge in [-0.1, -0.05) is 0 Å². The fraction of sp³-hybridized carbons (Fsp3) is 0.167. The number of rotatable bonds is 4. The molecule has 5 heteroatoms. The zero-order chi connectivity index (χ0) is 12.3. The zero-order valence-electron chi connectivity index (χ0n) is 9.09. The molecule has 0 saturated carbocycles. The molecule has 3 N–H and O–H groups in total. The Balaban J connectivity index is 2.31. The van der Waals surface area contributed by atoms with Gasteiger partial charge in [0.2, 0.25) is 0 Å². The van der Waals surface area contributed by atoms with Crippen molar-refractivity contribution in [2.24, 2.45) is 0 Å². The summed E-state index contributed by atoms with van der Waals surface area (Å²) in [7, 11) is 0. The van der Waals surface area contributed by atoms with Crippen LogP contribution in [0.15, 0.2) is 30.3 Å². The number of aryl methyl sites for hydroxylation is 1. The monoisotopic (exact) mass is 296 g/mol. The number of hydrogen-bond donors (Lipinski definition) is 2. The molecule has 1 aromatic heterocycles. The molecule has 0 aliphatic heterocycles. The Morgan fingerprint density at radius 3 is 2.71 bits per heavy atom. The molecule has 0 bridgehead atoms. The second-order valence-electron chi connectivity index (χ2n) is 3.58. The van der Waals surface area contributed by atoms with E-state index in [9.17, 15) is 4.79 Å². The van der Waals surface area contributed by atoms with Crippen LogP contribution in [-0.4, -0.2) is 30.6 Å². The van der Waals surface area contributed by atoms with E-state index in [0.29, 0.717) is 11.1 Å². The number of anilines is 1. The number of nitrogens with two attached hydrogens (primary N) is 1. The Bertz CT molecular complexity index is 523. The van der Waals surface area contributed by atoms with Crippen molar-refractivity contribution in [3.05, 3.63) is 34.8 Å². The fourth-order valence-electron chi connectivity index (χ4n) is 1.58. The summed E-state index contributed by atoms with van der Waals surface area (Å²) in [6.07, 6.45) is 0.667. The summed E-state index contributed by atoms with van der Waals surface area (Å²) in [6.45, 7) is 0. The third kappa shape index (κ3) is 2.96. The van der Waals surface area contributed by atoms with Crippen LogP contribution in [0.3, 0.4) is 0 Å². The molecule has 1 aromatic carbocycles. The maximum atomic E-state index is 10.6. The van der Waals surface area contributed by atoms with E-state index in [1.165, 1.54) is 0 Å². The minimum atomic E-state index is -0.786. The molecule has 0 fully saturated rings. The molecule has 0 saturated heterocycles. The molecule has 2 aromatic rings. The van der Waals surface area contributed by atoms with Crippen molar-refractivity contribution in [1.82, 2.24) is 4.98 Å². The SMILES string of the molecule is Nc1nc(-c2ccccc2)c(CCC(=O)O)[se]1. The molecule has 0 atom stereocenters. The van der Waals surface area contributed by atoms with Gasteiger partial charge in [-0.05, 0) is 0 Å². The quantitative estimate of drug-likeness (QED) is 0.836. The van der Waals surface area contributed by atoms with Crippen LogP contribution in [0.4, 0.5) is 4.69 Å². The second kappa shape index (κ2) is 5.17. The number of carbonyl (C=O) groups is 1. The molecule has 0 unspecified atom stereocenters. The van der Waals surface area contributed by atoms with E-state index in [1.54, 1.807) is 0 Å². The number of benzene rings is 1. The molecule has 0 aliphatic carbocycles. The number of hydrogen-bond acceptors (Lipinski definition) is 3. The van der Waals surface area contributed by atoms with Crippen molar-refractivity contribution < 1.29 is 9.90 Å².